The fraction of sp³-hybridized carbons (Fsp3) is 0.448. The third kappa shape index (κ3) is 6.80. The first kappa shape index (κ1) is 28.4. The molecule has 0 amide bonds. The number of nitrogens with one attached hydrogen (secondary N) is 1. The van der Waals surface area contributed by atoms with E-state index >= 15 is 0 Å². The van der Waals surface area contributed by atoms with E-state index in [2.05, 4.69) is 46.4 Å². The molecule has 1 aliphatic carbocycles. The predicted molar refractivity (Wildman–Crippen MR) is 149 cm³/mol. The lowest BCUT2D eigenvalue weighted by Crippen LogP contribution is -2.29. The molecule has 0 radical (unpaired) electrons. The third-order valence-electron chi connectivity index (χ3n) is 7.75. The summed E-state index contributed by atoms with van der Waals surface area (Å²) in [7, 11) is 0. The van der Waals surface area contributed by atoms with Crippen LogP contribution in [-0.2, 0) is 19.0 Å². The first-order valence-corrected chi connectivity index (χ1v) is 13.8. The van der Waals surface area contributed by atoms with Crippen LogP contribution in [-0.4, -0.2) is 57.0 Å². The summed E-state index contributed by atoms with van der Waals surface area (Å²) in [6.45, 7) is 3.91. The maximum absolute atomic E-state index is 13.7. The van der Waals surface area contributed by atoms with Crippen LogP contribution in [0.25, 0.3) is 0 Å². The van der Waals surface area contributed by atoms with Crippen molar-refractivity contribution in [2.45, 2.75) is 63.6 Å². The highest BCUT2D eigenvalue weighted by Crippen LogP contribution is 2.41. The van der Waals surface area contributed by atoms with Gasteiger partial charge in [0.15, 0.2) is 0 Å². The van der Waals surface area contributed by atoms with Gasteiger partial charge in [0.25, 0.3) is 0 Å². The first-order valence-electron chi connectivity index (χ1n) is 13.8. The topological polar surface area (TPSA) is 115 Å². The average molecular weight is 571 g/mol. The molecule has 1 saturated carbocycles. The molecule has 41 heavy (non-hydrogen) atoms. The van der Waals surface area contributed by atoms with Crippen LogP contribution < -0.4 is 15.1 Å². The van der Waals surface area contributed by atoms with Gasteiger partial charge in [0.1, 0.15) is 11.6 Å². The lowest BCUT2D eigenvalue weighted by atomic mass is 10.1. The van der Waals surface area contributed by atoms with Crippen molar-refractivity contribution < 1.29 is 28.2 Å². The zero-order valence-electron chi connectivity index (χ0n) is 22.7. The number of nitrogens with zero attached hydrogens (tertiary/aromatic N) is 5. The van der Waals surface area contributed by atoms with E-state index in [-0.39, 0.29) is 5.82 Å². The molecule has 1 saturated heterocycles. The molecular formula is C29H33F3N6O3. The van der Waals surface area contributed by atoms with E-state index in [4.69, 9.17) is 25.0 Å². The van der Waals surface area contributed by atoms with Gasteiger partial charge in [-0.05, 0) is 74.8 Å². The Hall–Kier alpha value is -4.09. The molecule has 218 valence electrons. The van der Waals surface area contributed by atoms with Crippen LogP contribution >= 0.6 is 0 Å². The molecule has 4 heterocycles. The zero-order chi connectivity index (χ0) is 29.1. The van der Waals surface area contributed by atoms with Crippen LogP contribution in [0.3, 0.4) is 0 Å². The molecule has 0 spiro atoms. The molecule has 3 aliphatic rings. The maximum Gasteiger partial charge on any atom is 0.503 e. The molecule has 12 heteroatoms. The molecule has 0 bridgehead atoms. The Morgan fingerprint density at radius 2 is 1.71 bits per heavy atom. The number of hydrogen-bond donors (Lipinski definition) is 3. The molecule has 1 unspecified atom stereocenters. The number of carboxylic acid groups (broad SMARTS) is 2. The quantitative estimate of drug-likeness (QED) is 0.324. The number of alkyl halides is 3. The van der Waals surface area contributed by atoms with Crippen molar-refractivity contribution in [1.29, 1.82) is 0 Å². The summed E-state index contributed by atoms with van der Waals surface area (Å²) in [6.07, 6.45) is 0.894. The van der Waals surface area contributed by atoms with E-state index in [1.807, 2.05) is 0 Å². The number of rotatable bonds is 5. The second kappa shape index (κ2) is 11.8. The second-order valence-electron chi connectivity index (χ2n) is 10.6. The van der Waals surface area contributed by atoms with Gasteiger partial charge in [-0.2, -0.15) is 18.2 Å². The van der Waals surface area contributed by atoms with Crippen molar-refractivity contribution in [2.24, 2.45) is 0 Å². The lowest BCUT2D eigenvalue weighted by Gasteiger charge is -2.24. The van der Waals surface area contributed by atoms with Gasteiger partial charge in [-0.25, -0.2) is 14.8 Å². The van der Waals surface area contributed by atoms with Crippen molar-refractivity contribution in [1.82, 2.24) is 15.0 Å². The summed E-state index contributed by atoms with van der Waals surface area (Å²) in [5.74, 6) is 2.11. The summed E-state index contributed by atoms with van der Waals surface area (Å²) in [5, 5.41) is 17.5. The number of pyridine rings is 1. The monoisotopic (exact) mass is 570 g/mol. The molecule has 1 atom stereocenters. The van der Waals surface area contributed by atoms with Gasteiger partial charge >= 0.3 is 12.3 Å². The van der Waals surface area contributed by atoms with E-state index in [0.717, 1.165) is 48.2 Å². The van der Waals surface area contributed by atoms with Crippen LogP contribution in [0, 0.1) is 0 Å². The number of fused-ring (bicyclic) bond motifs is 1. The predicted octanol–water partition coefficient (Wildman–Crippen LogP) is 6.33. The number of benzene rings is 1. The van der Waals surface area contributed by atoms with E-state index in [9.17, 15) is 13.2 Å². The summed E-state index contributed by atoms with van der Waals surface area (Å²) in [6, 6.07) is 11.3. The third-order valence-corrected chi connectivity index (χ3v) is 7.75. The van der Waals surface area contributed by atoms with Gasteiger partial charge in [0, 0.05) is 49.5 Å². The van der Waals surface area contributed by atoms with Crippen molar-refractivity contribution >= 4 is 29.4 Å². The molecule has 2 aliphatic heterocycles. The van der Waals surface area contributed by atoms with Gasteiger partial charge in [-0.3, -0.25) is 0 Å². The van der Waals surface area contributed by atoms with Gasteiger partial charge < -0.3 is 25.3 Å². The molecule has 6 rings (SSSR count). The summed E-state index contributed by atoms with van der Waals surface area (Å²) >= 11 is 0. The fourth-order valence-electron chi connectivity index (χ4n) is 5.52. The van der Waals surface area contributed by atoms with Crippen LogP contribution in [0.5, 0.6) is 0 Å². The zero-order valence-corrected chi connectivity index (χ0v) is 22.7. The van der Waals surface area contributed by atoms with E-state index in [1.54, 1.807) is 4.90 Å². The van der Waals surface area contributed by atoms with Crippen LogP contribution in [0.15, 0.2) is 42.6 Å². The standard InChI is InChI=1S/C28H31F3N6.CH2O3/c1-18-4-3-15-37(18)27-34-24-13-17-36(26-23(28(29,30)31)5-2-14-32-26)16-12-22(24)25(35-27)33-21-10-8-20(9-11-21)19-6-7-19;2-1(3)4/h2,5,8-11,14,18-19H,3-4,6-7,12-13,15-17H2,1H3,(H,33,34,35);(H2,2,3,4). The van der Waals surface area contributed by atoms with Gasteiger partial charge in [0.05, 0.1) is 11.3 Å². The largest absolute Gasteiger partial charge is 0.503 e. The summed E-state index contributed by atoms with van der Waals surface area (Å²) < 4.78 is 41.1. The van der Waals surface area contributed by atoms with Crippen molar-refractivity contribution in [3.63, 3.8) is 0 Å². The van der Waals surface area contributed by atoms with Crippen molar-refractivity contribution in [3.8, 4) is 0 Å². The SMILES string of the molecule is CC1CCCN1c1nc2c(c(Nc3ccc(C4CC4)cc3)n1)CCN(c1ncccc1C(F)(F)F)CC2.O=C(O)O. The Kier molecular flexibility index (Phi) is 8.18. The van der Waals surface area contributed by atoms with Crippen molar-refractivity contribution in [2.75, 3.05) is 34.8 Å². The summed E-state index contributed by atoms with van der Waals surface area (Å²) in [4.78, 5) is 26.6. The molecule has 2 aromatic heterocycles. The average Bonchev–Trinajstić information content (AvgIpc) is 3.72. The molecule has 2 fully saturated rings. The number of anilines is 4. The molecule has 9 nitrogen and oxygen atoms in total. The Bertz CT molecular complexity index is 1380. The smallest absolute Gasteiger partial charge is 0.450 e. The first-order chi connectivity index (χ1) is 19.6. The summed E-state index contributed by atoms with van der Waals surface area (Å²) in [5.41, 5.74) is 3.48. The van der Waals surface area contributed by atoms with E-state index in [0.29, 0.717) is 43.8 Å². The molecule has 3 aromatic rings. The Morgan fingerprint density at radius 1 is 1.00 bits per heavy atom. The highest BCUT2D eigenvalue weighted by atomic mass is 19.4. The Balaban J connectivity index is 0.000000794. The number of hydrogen-bond acceptors (Lipinski definition) is 7. The number of aromatic nitrogens is 3. The van der Waals surface area contributed by atoms with Gasteiger partial charge in [-0.1, -0.05) is 12.1 Å². The minimum absolute atomic E-state index is 0.0191. The normalized spacial score (nSPS) is 18.7. The van der Waals surface area contributed by atoms with Gasteiger partial charge in [-0.15, -0.1) is 0 Å². The van der Waals surface area contributed by atoms with Crippen LogP contribution in [0.2, 0.25) is 0 Å². The van der Waals surface area contributed by atoms with E-state index in [1.165, 1.54) is 30.7 Å². The van der Waals surface area contributed by atoms with Crippen LogP contribution in [0.1, 0.15) is 60.9 Å². The minimum atomic E-state index is -4.46. The van der Waals surface area contributed by atoms with Crippen molar-refractivity contribution in [3.05, 3.63) is 65.0 Å². The Labute approximate surface area is 236 Å². The Morgan fingerprint density at radius 3 is 2.34 bits per heavy atom. The highest BCUT2D eigenvalue weighted by molar-refractivity contribution is 5.63. The fourth-order valence-corrected chi connectivity index (χ4v) is 5.52. The maximum atomic E-state index is 13.7. The second-order valence-corrected chi connectivity index (χ2v) is 10.6. The minimum Gasteiger partial charge on any atom is -0.450 e. The van der Waals surface area contributed by atoms with Crippen LogP contribution in [0.4, 0.5) is 41.2 Å². The lowest BCUT2D eigenvalue weighted by molar-refractivity contribution is -0.137. The molecule has 3 N–H and O–H groups in total. The number of carbonyl (C=O) groups is 1. The number of halogens is 3. The van der Waals surface area contributed by atoms with Gasteiger partial charge in [0.2, 0.25) is 5.95 Å². The van der Waals surface area contributed by atoms with E-state index < -0.39 is 17.9 Å². The highest BCUT2D eigenvalue weighted by Gasteiger charge is 2.36. The molecule has 1 aromatic carbocycles. The molecular weight excluding hydrogens is 537 g/mol.